The van der Waals surface area contributed by atoms with Gasteiger partial charge in [-0.2, -0.15) is 0 Å². The average Bonchev–Trinajstić information content (AvgIpc) is 2.99. The normalized spacial score (nSPS) is 39.7. The number of thioether (sulfide) groups is 1. The highest BCUT2D eigenvalue weighted by atomic mass is 32.2. The van der Waals surface area contributed by atoms with Crippen LogP contribution in [0.4, 0.5) is 0 Å². The highest BCUT2D eigenvalue weighted by Gasteiger charge is 2.47. The molecule has 8 nitrogen and oxygen atoms in total. The summed E-state index contributed by atoms with van der Waals surface area (Å²) < 4.78 is 5.65. The van der Waals surface area contributed by atoms with Crippen molar-refractivity contribution in [3.8, 4) is 0 Å². The Morgan fingerprint density at radius 3 is 2.58 bits per heavy atom. The van der Waals surface area contributed by atoms with Crippen molar-refractivity contribution in [2.75, 3.05) is 26.5 Å². The van der Waals surface area contributed by atoms with Crippen LogP contribution in [0.25, 0.3) is 0 Å². The molecule has 2 fully saturated rings. The molecule has 1 amide bonds. The highest BCUT2D eigenvalue weighted by molar-refractivity contribution is 7.99. The Morgan fingerprint density at radius 1 is 1.31 bits per heavy atom. The fraction of sp³-hybridized carbons (Fsp3) is 0.941. The average molecular weight is 393 g/mol. The van der Waals surface area contributed by atoms with Crippen molar-refractivity contribution in [2.24, 2.45) is 5.92 Å². The molecular formula is C17H32N2O6S. The standard InChI is InChI=1S/C17H32N2O6S/c1-4-5-9-6-11(19(2)7-9)16(24)18-10(8-20)15-13(22)12(21)14(23)17(25-15)26-3/h9-15,17,20-23H,4-8H2,1-3H3,(H,18,24)/t9-,10-,11+,12?,13?,14-,15-,17?/m1/s1. The van der Waals surface area contributed by atoms with Gasteiger partial charge in [0.25, 0.3) is 0 Å². The van der Waals surface area contributed by atoms with E-state index in [0.717, 1.165) is 25.8 Å². The first-order chi connectivity index (χ1) is 12.3. The van der Waals surface area contributed by atoms with E-state index in [9.17, 15) is 25.2 Å². The molecule has 0 aromatic rings. The van der Waals surface area contributed by atoms with E-state index in [1.54, 1.807) is 6.26 Å². The SMILES string of the molecule is CCC[C@@H]1C[C@@H](C(=O)N[C@H](CO)[C@H]2OC(SC)[C@H](O)C(O)C2O)N(C)C1. The van der Waals surface area contributed by atoms with Crippen molar-refractivity contribution >= 4 is 17.7 Å². The number of hydrogen-bond donors (Lipinski definition) is 5. The van der Waals surface area contributed by atoms with Crippen molar-refractivity contribution in [1.29, 1.82) is 0 Å². The Hall–Kier alpha value is -0.420. The zero-order valence-corrected chi connectivity index (χ0v) is 16.4. The minimum Gasteiger partial charge on any atom is -0.394 e. The zero-order chi connectivity index (χ0) is 19.4. The molecule has 3 unspecified atom stereocenters. The van der Waals surface area contributed by atoms with Crippen LogP contribution in [0.15, 0.2) is 0 Å². The van der Waals surface area contributed by atoms with Crippen LogP contribution in [0.3, 0.4) is 0 Å². The summed E-state index contributed by atoms with van der Waals surface area (Å²) in [5, 5.41) is 42.7. The van der Waals surface area contributed by atoms with Gasteiger partial charge < -0.3 is 30.5 Å². The molecule has 0 aromatic heterocycles. The largest absolute Gasteiger partial charge is 0.394 e. The minimum absolute atomic E-state index is 0.220. The maximum absolute atomic E-state index is 12.7. The summed E-state index contributed by atoms with van der Waals surface area (Å²) in [6, 6.07) is -1.15. The number of carbonyl (C=O) groups excluding carboxylic acids is 1. The first kappa shape index (κ1) is 21.9. The maximum Gasteiger partial charge on any atom is 0.237 e. The lowest BCUT2D eigenvalue weighted by atomic mass is 9.94. The summed E-state index contributed by atoms with van der Waals surface area (Å²) in [7, 11) is 1.91. The molecule has 8 atom stereocenters. The molecule has 2 heterocycles. The summed E-state index contributed by atoms with van der Waals surface area (Å²) in [5.41, 5.74) is -0.743. The fourth-order valence-electron chi connectivity index (χ4n) is 3.94. The van der Waals surface area contributed by atoms with E-state index >= 15 is 0 Å². The summed E-state index contributed by atoms with van der Waals surface area (Å²) >= 11 is 1.20. The smallest absolute Gasteiger partial charge is 0.237 e. The van der Waals surface area contributed by atoms with E-state index in [4.69, 9.17) is 4.74 Å². The number of rotatable bonds is 7. The third-order valence-corrected chi connectivity index (χ3v) is 6.25. The van der Waals surface area contributed by atoms with Crippen molar-refractivity contribution < 1.29 is 30.0 Å². The van der Waals surface area contributed by atoms with E-state index in [1.807, 2.05) is 11.9 Å². The van der Waals surface area contributed by atoms with E-state index in [0.29, 0.717) is 5.92 Å². The summed E-state index contributed by atoms with van der Waals surface area (Å²) in [4.78, 5) is 14.7. The Kier molecular flexibility index (Phi) is 8.14. The molecule has 0 aromatic carbocycles. The second-order valence-corrected chi connectivity index (χ2v) is 8.26. The number of aliphatic hydroxyl groups excluding tert-OH is 4. The number of aliphatic hydroxyl groups is 4. The topological polar surface area (TPSA) is 122 Å². The Bertz CT molecular complexity index is 469. The Morgan fingerprint density at radius 2 is 2.00 bits per heavy atom. The van der Waals surface area contributed by atoms with Gasteiger partial charge in [-0.3, -0.25) is 9.69 Å². The molecule has 0 aliphatic carbocycles. The van der Waals surface area contributed by atoms with Crippen molar-refractivity contribution in [3.63, 3.8) is 0 Å². The first-order valence-corrected chi connectivity index (χ1v) is 10.5. The number of likely N-dealkylation sites (N-methyl/N-ethyl adjacent to an activating group) is 1. The van der Waals surface area contributed by atoms with Crippen molar-refractivity contribution in [2.45, 2.75) is 68.1 Å². The molecule has 5 N–H and O–H groups in total. The molecule has 9 heteroatoms. The number of nitrogens with zero attached hydrogens (tertiary/aromatic N) is 1. The van der Waals surface area contributed by atoms with Crippen molar-refractivity contribution in [1.82, 2.24) is 10.2 Å². The molecule has 0 saturated carbocycles. The molecule has 0 bridgehead atoms. The van der Waals surface area contributed by atoms with Gasteiger partial charge in [0.05, 0.1) is 18.7 Å². The zero-order valence-electron chi connectivity index (χ0n) is 15.6. The highest BCUT2D eigenvalue weighted by Crippen LogP contribution is 2.29. The van der Waals surface area contributed by atoms with Crippen LogP contribution in [-0.2, 0) is 9.53 Å². The Labute approximate surface area is 158 Å². The predicted molar refractivity (Wildman–Crippen MR) is 98.6 cm³/mol. The molecule has 0 radical (unpaired) electrons. The van der Waals surface area contributed by atoms with Gasteiger partial charge in [-0.1, -0.05) is 13.3 Å². The van der Waals surface area contributed by atoms with Gasteiger partial charge in [-0.05, 0) is 32.1 Å². The molecule has 2 rings (SSSR count). The summed E-state index contributed by atoms with van der Waals surface area (Å²) in [5.74, 6) is 0.255. The quantitative estimate of drug-likeness (QED) is 0.364. The van der Waals surface area contributed by atoms with Crippen LogP contribution in [-0.4, -0.2) is 99.6 Å². The van der Waals surface area contributed by atoms with E-state index in [-0.39, 0.29) is 11.9 Å². The molecule has 2 aliphatic rings. The lowest BCUT2D eigenvalue weighted by molar-refractivity contribution is -0.207. The number of amides is 1. The second kappa shape index (κ2) is 9.68. The maximum atomic E-state index is 12.7. The summed E-state index contributed by atoms with van der Waals surface area (Å²) in [6.45, 7) is 2.54. The van der Waals surface area contributed by atoms with E-state index in [1.165, 1.54) is 11.8 Å². The minimum atomic E-state index is -1.40. The van der Waals surface area contributed by atoms with Gasteiger partial charge in [0.1, 0.15) is 29.9 Å². The van der Waals surface area contributed by atoms with Crippen molar-refractivity contribution in [3.05, 3.63) is 0 Å². The molecule has 2 saturated heterocycles. The van der Waals surface area contributed by atoms with Gasteiger partial charge in [0, 0.05) is 6.54 Å². The predicted octanol–water partition coefficient (Wildman–Crippen LogP) is -1.25. The number of hydrogen-bond acceptors (Lipinski definition) is 8. The van der Waals surface area contributed by atoms with Gasteiger partial charge >= 0.3 is 0 Å². The third kappa shape index (κ3) is 4.70. The molecular weight excluding hydrogens is 360 g/mol. The molecule has 26 heavy (non-hydrogen) atoms. The van der Waals surface area contributed by atoms with Crippen LogP contribution in [0.1, 0.15) is 26.2 Å². The lowest BCUT2D eigenvalue weighted by Crippen LogP contribution is -2.64. The summed E-state index contributed by atoms with van der Waals surface area (Å²) in [6.07, 6.45) is -0.424. The van der Waals surface area contributed by atoms with Crippen LogP contribution in [0, 0.1) is 5.92 Å². The van der Waals surface area contributed by atoms with Gasteiger partial charge in [-0.15, -0.1) is 11.8 Å². The van der Waals surface area contributed by atoms with Crippen LogP contribution >= 0.6 is 11.8 Å². The molecule has 0 spiro atoms. The Balaban J connectivity index is 2.02. The van der Waals surface area contributed by atoms with E-state index in [2.05, 4.69) is 12.2 Å². The second-order valence-electron chi connectivity index (χ2n) is 7.32. The van der Waals surface area contributed by atoms with Crippen LogP contribution in [0.5, 0.6) is 0 Å². The number of carbonyl (C=O) groups is 1. The fourth-order valence-corrected chi connectivity index (χ4v) is 4.62. The van der Waals surface area contributed by atoms with Gasteiger partial charge in [0.2, 0.25) is 5.91 Å². The third-order valence-electron chi connectivity index (χ3n) is 5.39. The first-order valence-electron chi connectivity index (χ1n) is 9.17. The number of nitrogens with one attached hydrogen (secondary N) is 1. The van der Waals surface area contributed by atoms with Crippen LogP contribution in [0.2, 0.25) is 0 Å². The van der Waals surface area contributed by atoms with Crippen LogP contribution < -0.4 is 5.32 Å². The molecule has 152 valence electrons. The van der Waals surface area contributed by atoms with E-state index < -0.39 is 42.5 Å². The number of ether oxygens (including phenoxy) is 1. The monoisotopic (exact) mass is 392 g/mol. The number of likely N-dealkylation sites (tertiary alicyclic amines) is 1. The van der Waals surface area contributed by atoms with Gasteiger partial charge in [-0.25, -0.2) is 0 Å². The molecule has 2 aliphatic heterocycles. The lowest BCUT2D eigenvalue weighted by Gasteiger charge is -2.43. The van der Waals surface area contributed by atoms with Gasteiger partial charge in [0.15, 0.2) is 0 Å².